The molecule has 110 valence electrons. The van der Waals surface area contributed by atoms with Crippen LogP contribution in [0.1, 0.15) is 32.3 Å². The molecule has 0 bridgehead atoms. The van der Waals surface area contributed by atoms with Gasteiger partial charge in [-0.3, -0.25) is 4.79 Å². The Hall–Kier alpha value is -1.55. The lowest BCUT2D eigenvalue weighted by Crippen LogP contribution is -2.40. The summed E-state index contributed by atoms with van der Waals surface area (Å²) in [5, 5.41) is 3.07. The molecule has 1 fully saturated rings. The second-order valence-electron chi connectivity index (χ2n) is 6.03. The van der Waals surface area contributed by atoms with E-state index in [0.717, 1.165) is 30.6 Å². The first-order valence-electron chi connectivity index (χ1n) is 7.30. The van der Waals surface area contributed by atoms with Crippen LogP contribution in [-0.4, -0.2) is 37.0 Å². The summed E-state index contributed by atoms with van der Waals surface area (Å²) in [4.78, 5) is 14.6. The van der Waals surface area contributed by atoms with E-state index in [9.17, 15) is 4.79 Å². The van der Waals surface area contributed by atoms with E-state index in [4.69, 9.17) is 5.73 Å². The molecule has 0 atom stereocenters. The highest BCUT2D eigenvalue weighted by Gasteiger charge is 2.50. The summed E-state index contributed by atoms with van der Waals surface area (Å²) in [6.45, 7) is 5.88. The van der Waals surface area contributed by atoms with E-state index >= 15 is 0 Å². The van der Waals surface area contributed by atoms with E-state index in [1.54, 1.807) is 0 Å². The lowest BCUT2D eigenvalue weighted by atomic mass is 9.95. The van der Waals surface area contributed by atoms with Gasteiger partial charge >= 0.3 is 0 Å². The summed E-state index contributed by atoms with van der Waals surface area (Å²) < 4.78 is 0. The maximum atomic E-state index is 12.4. The van der Waals surface area contributed by atoms with E-state index in [1.807, 2.05) is 24.3 Å². The van der Waals surface area contributed by atoms with Crippen LogP contribution in [0.4, 0.5) is 5.69 Å². The number of nitrogen functional groups attached to an aromatic ring is 1. The van der Waals surface area contributed by atoms with E-state index in [0.29, 0.717) is 12.6 Å². The van der Waals surface area contributed by atoms with Crippen molar-refractivity contribution in [1.29, 1.82) is 0 Å². The molecule has 4 nitrogen and oxygen atoms in total. The number of nitrogens with one attached hydrogen (secondary N) is 1. The molecule has 0 aromatic heterocycles. The fourth-order valence-corrected chi connectivity index (χ4v) is 2.35. The molecule has 1 amide bonds. The third-order valence-electron chi connectivity index (χ3n) is 4.28. The van der Waals surface area contributed by atoms with Gasteiger partial charge in [0, 0.05) is 24.8 Å². The van der Waals surface area contributed by atoms with Crippen LogP contribution >= 0.6 is 0 Å². The molecule has 1 aromatic carbocycles. The van der Waals surface area contributed by atoms with Crippen LogP contribution in [0.2, 0.25) is 0 Å². The number of hydrogen-bond acceptors (Lipinski definition) is 3. The largest absolute Gasteiger partial charge is 0.399 e. The molecule has 4 heteroatoms. The molecule has 20 heavy (non-hydrogen) atoms. The first-order chi connectivity index (χ1) is 9.45. The lowest BCUT2D eigenvalue weighted by molar-refractivity contribution is -0.123. The van der Waals surface area contributed by atoms with E-state index in [-0.39, 0.29) is 11.3 Å². The molecule has 1 aromatic rings. The highest BCUT2D eigenvalue weighted by molar-refractivity contribution is 5.91. The van der Waals surface area contributed by atoms with Crippen molar-refractivity contribution in [1.82, 2.24) is 10.2 Å². The Labute approximate surface area is 121 Å². The quantitative estimate of drug-likeness (QED) is 0.778. The molecule has 0 heterocycles. The van der Waals surface area contributed by atoms with E-state index in [1.165, 1.54) is 0 Å². The van der Waals surface area contributed by atoms with Crippen LogP contribution < -0.4 is 11.1 Å². The molecule has 0 aliphatic heterocycles. The average molecular weight is 275 g/mol. The van der Waals surface area contributed by atoms with Gasteiger partial charge in [-0.25, -0.2) is 0 Å². The fraction of sp³-hybridized carbons (Fsp3) is 0.562. The molecule has 0 unspecified atom stereocenters. The van der Waals surface area contributed by atoms with E-state index in [2.05, 4.69) is 31.1 Å². The Morgan fingerprint density at radius 3 is 2.45 bits per heavy atom. The standard InChI is InChI=1S/C16H25N3O/c1-12(2)19(3)11-10-18-15(20)16(8-9-16)13-4-6-14(17)7-5-13/h4-7,12H,8-11,17H2,1-3H3,(H,18,20). The maximum Gasteiger partial charge on any atom is 0.230 e. The predicted octanol–water partition coefficient (Wildman–Crippen LogP) is 1.76. The van der Waals surface area contributed by atoms with Crippen molar-refractivity contribution in [3.05, 3.63) is 29.8 Å². The van der Waals surface area contributed by atoms with Gasteiger partial charge in [0.15, 0.2) is 0 Å². The van der Waals surface area contributed by atoms with E-state index < -0.39 is 0 Å². The molecular weight excluding hydrogens is 250 g/mol. The Morgan fingerprint density at radius 1 is 1.35 bits per heavy atom. The predicted molar refractivity (Wildman–Crippen MR) is 82.5 cm³/mol. The van der Waals surface area contributed by atoms with Crippen LogP contribution in [0.15, 0.2) is 24.3 Å². The summed E-state index contributed by atoms with van der Waals surface area (Å²) in [6, 6.07) is 8.19. The number of carbonyl (C=O) groups is 1. The normalized spacial score (nSPS) is 16.4. The zero-order valence-electron chi connectivity index (χ0n) is 12.6. The third-order valence-corrected chi connectivity index (χ3v) is 4.28. The second kappa shape index (κ2) is 5.83. The second-order valence-corrected chi connectivity index (χ2v) is 6.03. The van der Waals surface area contributed by atoms with Crippen molar-refractivity contribution in [2.45, 2.75) is 38.1 Å². The summed E-state index contributed by atoms with van der Waals surface area (Å²) in [6.07, 6.45) is 1.87. The Morgan fingerprint density at radius 2 is 1.95 bits per heavy atom. The number of carbonyl (C=O) groups excluding carboxylic acids is 1. The van der Waals surface area contributed by atoms with Gasteiger partial charge < -0.3 is 16.0 Å². The molecule has 2 rings (SSSR count). The summed E-state index contributed by atoms with van der Waals surface area (Å²) in [5.41, 5.74) is 7.22. The maximum absolute atomic E-state index is 12.4. The van der Waals surface area contributed by atoms with Gasteiger partial charge in [-0.15, -0.1) is 0 Å². The van der Waals surface area contributed by atoms with Crippen LogP contribution in [0.5, 0.6) is 0 Å². The first-order valence-corrected chi connectivity index (χ1v) is 7.30. The number of amides is 1. The summed E-state index contributed by atoms with van der Waals surface area (Å²) in [7, 11) is 2.07. The van der Waals surface area contributed by atoms with Crippen molar-refractivity contribution in [3.8, 4) is 0 Å². The topological polar surface area (TPSA) is 58.4 Å². The minimum Gasteiger partial charge on any atom is -0.399 e. The van der Waals surface area contributed by atoms with Gasteiger partial charge in [0.25, 0.3) is 0 Å². The van der Waals surface area contributed by atoms with Gasteiger partial charge in [0.2, 0.25) is 5.91 Å². The number of likely N-dealkylation sites (N-methyl/N-ethyl adjacent to an activating group) is 1. The highest BCUT2D eigenvalue weighted by atomic mass is 16.2. The molecule has 1 aliphatic carbocycles. The number of nitrogens with zero attached hydrogens (tertiary/aromatic N) is 1. The molecule has 1 aliphatic rings. The zero-order chi connectivity index (χ0) is 14.8. The Kier molecular flexibility index (Phi) is 4.33. The van der Waals surface area contributed by atoms with Crippen molar-refractivity contribution in [3.63, 3.8) is 0 Å². The lowest BCUT2D eigenvalue weighted by Gasteiger charge is -2.22. The molecule has 0 spiro atoms. The zero-order valence-corrected chi connectivity index (χ0v) is 12.6. The van der Waals surface area contributed by atoms with Gasteiger partial charge in [0.05, 0.1) is 5.41 Å². The molecule has 1 saturated carbocycles. The average Bonchev–Trinajstić information content (AvgIpc) is 3.20. The van der Waals surface area contributed by atoms with Crippen molar-refractivity contribution >= 4 is 11.6 Å². The van der Waals surface area contributed by atoms with Crippen molar-refractivity contribution in [2.24, 2.45) is 0 Å². The van der Waals surface area contributed by atoms with Crippen molar-refractivity contribution < 1.29 is 4.79 Å². The highest BCUT2D eigenvalue weighted by Crippen LogP contribution is 2.48. The molecular formula is C16H25N3O. The number of rotatable bonds is 6. The summed E-state index contributed by atoms with van der Waals surface area (Å²) in [5.74, 6) is 0.152. The van der Waals surface area contributed by atoms with Crippen LogP contribution in [0, 0.1) is 0 Å². The fourth-order valence-electron chi connectivity index (χ4n) is 2.35. The van der Waals surface area contributed by atoms with Gasteiger partial charge in [-0.2, -0.15) is 0 Å². The Balaban J connectivity index is 1.90. The summed E-state index contributed by atoms with van der Waals surface area (Å²) >= 11 is 0. The first kappa shape index (κ1) is 14.9. The van der Waals surface area contributed by atoms with Crippen LogP contribution in [0.3, 0.4) is 0 Å². The third kappa shape index (κ3) is 3.12. The minimum absolute atomic E-state index is 0.152. The van der Waals surface area contributed by atoms with Crippen LogP contribution in [-0.2, 0) is 10.2 Å². The Bertz CT molecular complexity index is 463. The minimum atomic E-state index is -0.301. The van der Waals surface area contributed by atoms with Gasteiger partial charge in [-0.1, -0.05) is 12.1 Å². The monoisotopic (exact) mass is 275 g/mol. The number of anilines is 1. The molecule has 0 saturated heterocycles. The molecule has 0 radical (unpaired) electrons. The number of benzene rings is 1. The molecule has 3 N–H and O–H groups in total. The smallest absolute Gasteiger partial charge is 0.230 e. The SMILES string of the molecule is CC(C)N(C)CCNC(=O)C1(c2ccc(N)cc2)CC1. The van der Waals surface area contributed by atoms with Gasteiger partial charge in [0.1, 0.15) is 0 Å². The number of nitrogens with two attached hydrogens (primary N) is 1. The van der Waals surface area contributed by atoms with Gasteiger partial charge in [-0.05, 0) is 51.4 Å². The van der Waals surface area contributed by atoms with Crippen molar-refractivity contribution in [2.75, 3.05) is 25.9 Å². The number of hydrogen-bond donors (Lipinski definition) is 2. The van der Waals surface area contributed by atoms with Crippen LogP contribution in [0.25, 0.3) is 0 Å².